The molecule has 3 rings (SSSR count). The molecule has 3 N–H and O–H groups in total. The summed E-state index contributed by atoms with van der Waals surface area (Å²) < 4.78 is 5.37. The third kappa shape index (κ3) is 2.90. The maximum atomic E-state index is 12.3. The smallest absolute Gasteiger partial charge is 0.251 e. The van der Waals surface area contributed by atoms with Gasteiger partial charge >= 0.3 is 0 Å². The number of nitrogens with one attached hydrogen (secondary N) is 1. The van der Waals surface area contributed by atoms with E-state index in [9.17, 15) is 4.79 Å². The third-order valence-electron chi connectivity index (χ3n) is 3.77. The molecule has 1 heterocycles. The molecule has 4 heteroatoms. The Kier molecular flexibility index (Phi) is 3.62. The second-order valence-electron chi connectivity index (χ2n) is 5.34. The average molecular weight is 282 g/mol. The van der Waals surface area contributed by atoms with E-state index in [-0.39, 0.29) is 11.9 Å². The molecule has 1 aliphatic rings. The molecule has 1 unspecified atom stereocenters. The Bertz CT molecular complexity index is 665. The van der Waals surface area contributed by atoms with Crippen molar-refractivity contribution in [1.82, 2.24) is 5.32 Å². The van der Waals surface area contributed by atoms with E-state index < -0.39 is 0 Å². The van der Waals surface area contributed by atoms with E-state index in [1.807, 2.05) is 49.4 Å². The lowest BCUT2D eigenvalue weighted by molar-refractivity contribution is 0.0939. The molecule has 0 radical (unpaired) electrons. The van der Waals surface area contributed by atoms with Gasteiger partial charge in [0.2, 0.25) is 0 Å². The molecule has 1 amide bonds. The Hall–Kier alpha value is -2.33. The minimum absolute atomic E-state index is 0.0670. The molecule has 0 bridgehead atoms. The van der Waals surface area contributed by atoms with Crippen LogP contribution in [-0.2, 0) is 18.0 Å². The molecule has 0 saturated carbocycles. The van der Waals surface area contributed by atoms with Gasteiger partial charge in [0.05, 0.1) is 19.3 Å². The number of nitrogens with two attached hydrogens (primary N) is 1. The standard InChI is InChI=1S/C17H18N2O2/c1-11(12-4-6-16(18)7-5-12)19-17(20)13-2-3-14-9-21-10-15(14)8-13/h2-8,11H,9-10,18H2,1H3,(H,19,20). The minimum Gasteiger partial charge on any atom is -0.399 e. The predicted octanol–water partition coefficient (Wildman–Crippen LogP) is 2.79. The van der Waals surface area contributed by atoms with Gasteiger partial charge in [-0.2, -0.15) is 0 Å². The van der Waals surface area contributed by atoms with Crippen LogP contribution in [0.3, 0.4) is 0 Å². The minimum atomic E-state index is -0.0750. The van der Waals surface area contributed by atoms with Gasteiger partial charge in [0.25, 0.3) is 5.91 Å². The molecule has 1 atom stereocenters. The van der Waals surface area contributed by atoms with Gasteiger partial charge in [-0.3, -0.25) is 4.79 Å². The number of hydrogen-bond donors (Lipinski definition) is 2. The zero-order chi connectivity index (χ0) is 14.8. The SMILES string of the molecule is CC(NC(=O)c1ccc2c(c1)COC2)c1ccc(N)cc1. The van der Waals surface area contributed by atoms with Gasteiger partial charge in [0, 0.05) is 11.3 Å². The van der Waals surface area contributed by atoms with Gasteiger partial charge in [0.15, 0.2) is 0 Å². The lowest BCUT2D eigenvalue weighted by Crippen LogP contribution is -2.26. The summed E-state index contributed by atoms with van der Waals surface area (Å²) in [6, 6.07) is 13.2. The number of hydrogen-bond acceptors (Lipinski definition) is 3. The summed E-state index contributed by atoms with van der Waals surface area (Å²) in [5.41, 5.74) is 10.4. The van der Waals surface area contributed by atoms with E-state index in [0.717, 1.165) is 22.4 Å². The lowest BCUT2D eigenvalue weighted by atomic mass is 10.0. The van der Waals surface area contributed by atoms with E-state index in [1.165, 1.54) is 0 Å². The molecule has 0 aromatic heterocycles. The van der Waals surface area contributed by atoms with Crippen molar-refractivity contribution in [2.45, 2.75) is 26.2 Å². The van der Waals surface area contributed by atoms with Gasteiger partial charge < -0.3 is 15.8 Å². The number of carbonyl (C=O) groups excluding carboxylic acids is 1. The summed E-state index contributed by atoms with van der Waals surface area (Å²) in [5.74, 6) is -0.0750. The van der Waals surface area contributed by atoms with Crippen LogP contribution in [-0.4, -0.2) is 5.91 Å². The highest BCUT2D eigenvalue weighted by Crippen LogP contribution is 2.21. The normalized spacial score (nSPS) is 14.5. The second kappa shape index (κ2) is 5.58. The van der Waals surface area contributed by atoms with Crippen LogP contribution < -0.4 is 11.1 Å². The first-order valence-electron chi connectivity index (χ1n) is 6.99. The van der Waals surface area contributed by atoms with Crippen molar-refractivity contribution in [3.8, 4) is 0 Å². The zero-order valence-corrected chi connectivity index (χ0v) is 11.9. The Balaban J connectivity index is 1.72. The van der Waals surface area contributed by atoms with E-state index in [0.29, 0.717) is 18.8 Å². The van der Waals surface area contributed by atoms with Crippen LogP contribution in [0.5, 0.6) is 0 Å². The van der Waals surface area contributed by atoms with Crippen molar-refractivity contribution in [2.24, 2.45) is 0 Å². The van der Waals surface area contributed by atoms with Gasteiger partial charge in [-0.15, -0.1) is 0 Å². The number of amides is 1. The molecular weight excluding hydrogens is 264 g/mol. The number of nitrogen functional groups attached to an aromatic ring is 1. The largest absolute Gasteiger partial charge is 0.399 e. The maximum Gasteiger partial charge on any atom is 0.251 e. The highest BCUT2D eigenvalue weighted by Gasteiger charge is 2.16. The van der Waals surface area contributed by atoms with Crippen molar-refractivity contribution >= 4 is 11.6 Å². The first-order valence-corrected chi connectivity index (χ1v) is 6.99. The molecule has 4 nitrogen and oxygen atoms in total. The topological polar surface area (TPSA) is 64.3 Å². The zero-order valence-electron chi connectivity index (χ0n) is 11.9. The van der Waals surface area contributed by atoms with Crippen LogP contribution in [0.15, 0.2) is 42.5 Å². The Labute approximate surface area is 123 Å². The van der Waals surface area contributed by atoms with Crippen molar-refractivity contribution in [1.29, 1.82) is 0 Å². The molecule has 0 aliphatic carbocycles. The van der Waals surface area contributed by atoms with E-state index in [2.05, 4.69) is 5.32 Å². The number of anilines is 1. The predicted molar refractivity (Wildman–Crippen MR) is 81.7 cm³/mol. The fraction of sp³-hybridized carbons (Fsp3) is 0.235. The van der Waals surface area contributed by atoms with Gasteiger partial charge in [-0.05, 0) is 47.9 Å². The molecule has 108 valence electrons. The van der Waals surface area contributed by atoms with Crippen LogP contribution in [0.1, 0.15) is 40.0 Å². The Morgan fingerprint density at radius 2 is 1.86 bits per heavy atom. The van der Waals surface area contributed by atoms with Gasteiger partial charge in [-0.1, -0.05) is 18.2 Å². The fourth-order valence-electron chi connectivity index (χ4n) is 2.46. The molecular formula is C17H18N2O2. The van der Waals surface area contributed by atoms with Gasteiger partial charge in [-0.25, -0.2) is 0 Å². The van der Waals surface area contributed by atoms with Crippen molar-refractivity contribution in [2.75, 3.05) is 5.73 Å². The molecule has 1 aliphatic heterocycles. The van der Waals surface area contributed by atoms with Gasteiger partial charge in [0.1, 0.15) is 0 Å². The molecule has 0 spiro atoms. The first kappa shape index (κ1) is 13.6. The molecule has 2 aromatic carbocycles. The van der Waals surface area contributed by atoms with Crippen LogP contribution in [0, 0.1) is 0 Å². The van der Waals surface area contributed by atoms with Crippen LogP contribution in [0.2, 0.25) is 0 Å². The second-order valence-corrected chi connectivity index (χ2v) is 5.34. The summed E-state index contributed by atoms with van der Waals surface area (Å²) >= 11 is 0. The number of carbonyl (C=O) groups is 1. The summed E-state index contributed by atoms with van der Waals surface area (Å²) in [4.78, 5) is 12.3. The number of ether oxygens (including phenoxy) is 1. The first-order chi connectivity index (χ1) is 10.1. The molecule has 0 fully saturated rings. The van der Waals surface area contributed by atoms with Crippen LogP contribution in [0.4, 0.5) is 5.69 Å². The number of fused-ring (bicyclic) bond motifs is 1. The lowest BCUT2D eigenvalue weighted by Gasteiger charge is -2.15. The van der Waals surface area contributed by atoms with Crippen molar-refractivity contribution < 1.29 is 9.53 Å². The van der Waals surface area contributed by atoms with Crippen LogP contribution in [0.25, 0.3) is 0 Å². The fourth-order valence-corrected chi connectivity index (χ4v) is 2.46. The highest BCUT2D eigenvalue weighted by atomic mass is 16.5. The quantitative estimate of drug-likeness (QED) is 0.851. The summed E-state index contributed by atoms with van der Waals surface area (Å²) in [7, 11) is 0. The van der Waals surface area contributed by atoms with E-state index in [4.69, 9.17) is 10.5 Å². The molecule has 21 heavy (non-hydrogen) atoms. The number of rotatable bonds is 3. The average Bonchev–Trinajstić information content (AvgIpc) is 2.95. The summed E-state index contributed by atoms with van der Waals surface area (Å²) in [6.45, 7) is 3.18. The maximum absolute atomic E-state index is 12.3. The molecule has 2 aromatic rings. The summed E-state index contributed by atoms with van der Waals surface area (Å²) in [5, 5.41) is 3.00. The Morgan fingerprint density at radius 3 is 2.62 bits per heavy atom. The van der Waals surface area contributed by atoms with E-state index in [1.54, 1.807) is 0 Å². The number of benzene rings is 2. The van der Waals surface area contributed by atoms with Crippen molar-refractivity contribution in [3.05, 3.63) is 64.7 Å². The summed E-state index contributed by atoms with van der Waals surface area (Å²) in [6.07, 6.45) is 0. The third-order valence-corrected chi connectivity index (χ3v) is 3.77. The monoisotopic (exact) mass is 282 g/mol. The van der Waals surface area contributed by atoms with E-state index >= 15 is 0 Å². The Morgan fingerprint density at radius 1 is 1.14 bits per heavy atom. The van der Waals surface area contributed by atoms with Crippen molar-refractivity contribution in [3.63, 3.8) is 0 Å². The highest BCUT2D eigenvalue weighted by molar-refractivity contribution is 5.94. The molecule has 0 saturated heterocycles. The van der Waals surface area contributed by atoms with Crippen LogP contribution >= 0.6 is 0 Å².